The fraction of sp³-hybridized carbons (Fsp3) is 0.409. The second-order valence-corrected chi connectivity index (χ2v) is 9.10. The Kier molecular flexibility index (Phi) is 5.03. The molecule has 0 heterocycles. The molecule has 0 bridgehead atoms. The minimum atomic E-state index is -4.52. The fourth-order valence-electron chi connectivity index (χ4n) is 3.97. The van der Waals surface area contributed by atoms with Crippen molar-refractivity contribution in [3.8, 4) is 11.1 Å². The highest BCUT2D eigenvalue weighted by Gasteiger charge is 2.42. The van der Waals surface area contributed by atoms with Crippen molar-refractivity contribution in [3.05, 3.63) is 57.6 Å². The molecule has 1 N–H and O–H groups in total. The molecule has 0 atom stereocenters. The SMILES string of the molecule is CC1(C)CCC(C)(C)c2cc(C(F)(F)F)c(-c3cc(/C=N/O)ccc3Cl)cc21. The van der Waals surface area contributed by atoms with Crippen molar-refractivity contribution < 1.29 is 18.4 Å². The number of oxime groups is 1. The highest BCUT2D eigenvalue weighted by Crippen LogP contribution is 2.50. The molecule has 2 aromatic rings. The molecule has 0 aliphatic heterocycles. The van der Waals surface area contributed by atoms with Crippen LogP contribution in [0, 0.1) is 0 Å². The summed E-state index contributed by atoms with van der Waals surface area (Å²) >= 11 is 6.29. The predicted molar refractivity (Wildman–Crippen MR) is 107 cm³/mol. The van der Waals surface area contributed by atoms with Crippen LogP contribution >= 0.6 is 11.6 Å². The summed E-state index contributed by atoms with van der Waals surface area (Å²) < 4.78 is 42.1. The molecule has 0 saturated heterocycles. The van der Waals surface area contributed by atoms with Gasteiger partial charge in [-0.1, -0.05) is 50.5 Å². The van der Waals surface area contributed by atoms with Gasteiger partial charge in [-0.2, -0.15) is 13.2 Å². The summed E-state index contributed by atoms with van der Waals surface area (Å²) in [6, 6.07) is 7.57. The van der Waals surface area contributed by atoms with Crippen LogP contribution in [-0.4, -0.2) is 11.4 Å². The molecule has 2 aromatic carbocycles. The Balaban J connectivity index is 2.38. The van der Waals surface area contributed by atoms with Gasteiger partial charge < -0.3 is 5.21 Å². The zero-order valence-corrected chi connectivity index (χ0v) is 17.0. The molecule has 150 valence electrons. The van der Waals surface area contributed by atoms with Crippen LogP contribution in [0.2, 0.25) is 5.02 Å². The lowest BCUT2D eigenvalue weighted by Crippen LogP contribution is -2.34. The average Bonchev–Trinajstić information content (AvgIpc) is 2.59. The number of rotatable bonds is 2. The average molecular weight is 410 g/mol. The molecule has 1 aliphatic rings. The number of benzene rings is 2. The van der Waals surface area contributed by atoms with Crippen molar-refractivity contribution in [1.29, 1.82) is 0 Å². The Bertz CT molecular complexity index is 946. The van der Waals surface area contributed by atoms with E-state index in [0.29, 0.717) is 5.56 Å². The molecule has 2 nitrogen and oxygen atoms in total. The van der Waals surface area contributed by atoms with E-state index in [1.54, 1.807) is 12.1 Å². The van der Waals surface area contributed by atoms with Gasteiger partial charge in [-0.3, -0.25) is 0 Å². The van der Waals surface area contributed by atoms with Gasteiger partial charge in [-0.15, -0.1) is 0 Å². The molecular formula is C22H23ClF3NO. The van der Waals surface area contributed by atoms with E-state index in [1.165, 1.54) is 24.4 Å². The normalized spacial score (nSPS) is 18.3. The van der Waals surface area contributed by atoms with Gasteiger partial charge in [-0.05, 0) is 70.2 Å². The number of hydrogen-bond donors (Lipinski definition) is 1. The maximum atomic E-state index is 14.0. The Morgan fingerprint density at radius 3 is 2.07 bits per heavy atom. The first-order chi connectivity index (χ1) is 12.9. The van der Waals surface area contributed by atoms with E-state index in [-0.39, 0.29) is 27.0 Å². The molecule has 1 aliphatic carbocycles. The van der Waals surface area contributed by atoms with E-state index < -0.39 is 11.7 Å². The van der Waals surface area contributed by atoms with Gasteiger partial charge >= 0.3 is 6.18 Å². The van der Waals surface area contributed by atoms with Crippen LogP contribution < -0.4 is 0 Å². The minimum Gasteiger partial charge on any atom is -0.411 e. The standard InChI is InChI=1S/C22H23ClF3NO/c1-20(2)7-8-21(3,4)18-11-16(22(24,25)26)14(10-17(18)20)15-9-13(12-27-28)5-6-19(15)23/h5-6,9-12,28H,7-8H2,1-4H3/b27-12+. The second kappa shape index (κ2) is 6.80. The first-order valence-electron chi connectivity index (χ1n) is 9.10. The highest BCUT2D eigenvalue weighted by molar-refractivity contribution is 6.33. The van der Waals surface area contributed by atoms with Crippen molar-refractivity contribution in [3.63, 3.8) is 0 Å². The predicted octanol–water partition coefficient (Wildman–Crippen LogP) is 7.18. The van der Waals surface area contributed by atoms with Crippen molar-refractivity contribution >= 4 is 17.8 Å². The zero-order chi connectivity index (χ0) is 20.9. The van der Waals surface area contributed by atoms with Crippen LogP contribution in [0.1, 0.15) is 62.8 Å². The van der Waals surface area contributed by atoms with E-state index >= 15 is 0 Å². The quantitative estimate of drug-likeness (QED) is 0.318. The van der Waals surface area contributed by atoms with Crippen molar-refractivity contribution in [1.82, 2.24) is 0 Å². The van der Waals surface area contributed by atoms with Crippen LogP contribution in [0.3, 0.4) is 0 Å². The van der Waals surface area contributed by atoms with E-state index in [2.05, 4.69) is 19.0 Å². The molecule has 0 unspecified atom stereocenters. The fourth-order valence-corrected chi connectivity index (χ4v) is 4.19. The summed E-state index contributed by atoms with van der Waals surface area (Å²) in [4.78, 5) is 0. The van der Waals surface area contributed by atoms with Gasteiger partial charge in [0.05, 0.1) is 11.8 Å². The number of fused-ring (bicyclic) bond motifs is 1. The van der Waals surface area contributed by atoms with Crippen molar-refractivity contribution in [2.75, 3.05) is 0 Å². The topological polar surface area (TPSA) is 32.6 Å². The summed E-state index contributed by atoms with van der Waals surface area (Å²) in [5.41, 5.74) is 1.18. The summed E-state index contributed by atoms with van der Waals surface area (Å²) in [6.07, 6.45) is -1.64. The molecular weight excluding hydrogens is 387 g/mol. The third-order valence-electron chi connectivity index (χ3n) is 5.78. The van der Waals surface area contributed by atoms with Crippen LogP contribution in [0.5, 0.6) is 0 Å². The molecule has 6 heteroatoms. The second-order valence-electron chi connectivity index (χ2n) is 8.69. The molecule has 0 radical (unpaired) electrons. The minimum absolute atomic E-state index is 0.0511. The summed E-state index contributed by atoms with van der Waals surface area (Å²) in [6.45, 7) is 8.11. The third kappa shape index (κ3) is 3.64. The van der Waals surface area contributed by atoms with Crippen LogP contribution in [0.4, 0.5) is 13.2 Å². The van der Waals surface area contributed by atoms with Crippen LogP contribution in [0.25, 0.3) is 11.1 Å². The van der Waals surface area contributed by atoms with Gasteiger partial charge in [0.1, 0.15) is 0 Å². The number of hydrogen-bond acceptors (Lipinski definition) is 2. The lowest BCUT2D eigenvalue weighted by molar-refractivity contribution is -0.137. The van der Waals surface area contributed by atoms with E-state index in [9.17, 15) is 13.2 Å². The molecule has 28 heavy (non-hydrogen) atoms. The smallest absolute Gasteiger partial charge is 0.411 e. The van der Waals surface area contributed by atoms with Gasteiger partial charge in [0, 0.05) is 10.6 Å². The van der Waals surface area contributed by atoms with E-state index in [0.717, 1.165) is 24.0 Å². The summed E-state index contributed by atoms with van der Waals surface area (Å²) in [5, 5.41) is 12.0. The van der Waals surface area contributed by atoms with Gasteiger partial charge in [-0.25, -0.2) is 0 Å². The first kappa shape index (κ1) is 20.7. The van der Waals surface area contributed by atoms with Crippen molar-refractivity contribution in [2.45, 2.75) is 57.5 Å². The number of halogens is 4. The lowest BCUT2D eigenvalue weighted by Gasteiger charge is -2.42. The Morgan fingerprint density at radius 1 is 0.964 bits per heavy atom. The summed E-state index contributed by atoms with van der Waals surface area (Å²) in [7, 11) is 0. The maximum Gasteiger partial charge on any atom is 0.417 e. The molecule has 0 fully saturated rings. The molecule has 3 rings (SSSR count). The van der Waals surface area contributed by atoms with Crippen LogP contribution in [-0.2, 0) is 17.0 Å². The highest BCUT2D eigenvalue weighted by atomic mass is 35.5. The summed E-state index contributed by atoms with van der Waals surface area (Å²) in [5.74, 6) is 0. The lowest BCUT2D eigenvalue weighted by atomic mass is 9.62. The van der Waals surface area contributed by atoms with E-state index in [4.69, 9.17) is 16.8 Å². The van der Waals surface area contributed by atoms with E-state index in [1.807, 2.05) is 13.8 Å². The van der Waals surface area contributed by atoms with Crippen molar-refractivity contribution in [2.24, 2.45) is 5.16 Å². The Morgan fingerprint density at radius 2 is 1.54 bits per heavy atom. The third-order valence-corrected chi connectivity index (χ3v) is 6.11. The Labute approximate surface area is 168 Å². The maximum absolute atomic E-state index is 14.0. The monoisotopic (exact) mass is 409 g/mol. The number of alkyl halides is 3. The molecule has 0 spiro atoms. The zero-order valence-electron chi connectivity index (χ0n) is 16.3. The molecule has 0 saturated carbocycles. The van der Waals surface area contributed by atoms with Gasteiger partial charge in [0.15, 0.2) is 0 Å². The molecule has 0 amide bonds. The Hall–Kier alpha value is -2.01. The largest absolute Gasteiger partial charge is 0.417 e. The van der Waals surface area contributed by atoms with Crippen LogP contribution in [0.15, 0.2) is 35.5 Å². The molecule has 0 aromatic heterocycles. The first-order valence-corrected chi connectivity index (χ1v) is 9.48. The van der Waals surface area contributed by atoms with Gasteiger partial charge in [0.25, 0.3) is 0 Å². The van der Waals surface area contributed by atoms with Gasteiger partial charge in [0.2, 0.25) is 0 Å². The number of nitrogens with zero attached hydrogens (tertiary/aromatic N) is 1.